The van der Waals surface area contributed by atoms with Crippen molar-refractivity contribution in [3.63, 3.8) is 0 Å². The second kappa shape index (κ2) is 8.10. The topological polar surface area (TPSA) is 79.4 Å². The average Bonchev–Trinajstić information content (AvgIpc) is 2.69. The number of halogens is 2. The smallest absolute Gasteiger partial charge is 0.253 e. The Balaban J connectivity index is 1.53. The Morgan fingerprint density at radius 3 is 2.41 bits per heavy atom. The Labute approximate surface area is 156 Å². The van der Waals surface area contributed by atoms with Gasteiger partial charge in [0.2, 0.25) is 10.0 Å². The number of aromatic nitrogens is 1. The molecule has 9 heteroatoms. The van der Waals surface area contributed by atoms with Crippen LogP contribution < -0.4 is 4.72 Å². The van der Waals surface area contributed by atoms with Gasteiger partial charge in [0, 0.05) is 37.6 Å². The molecule has 1 fully saturated rings. The van der Waals surface area contributed by atoms with Crippen LogP contribution in [0.25, 0.3) is 0 Å². The number of rotatable bonds is 5. The minimum atomic E-state index is -3.92. The van der Waals surface area contributed by atoms with Crippen LogP contribution in [0.3, 0.4) is 0 Å². The Morgan fingerprint density at radius 1 is 1.11 bits per heavy atom. The molecule has 0 atom stereocenters. The third-order valence-electron chi connectivity index (χ3n) is 4.59. The van der Waals surface area contributed by atoms with Crippen molar-refractivity contribution in [1.82, 2.24) is 14.6 Å². The zero-order chi connectivity index (χ0) is 19.4. The maximum Gasteiger partial charge on any atom is 0.253 e. The highest BCUT2D eigenvalue weighted by atomic mass is 32.2. The van der Waals surface area contributed by atoms with E-state index in [1.54, 1.807) is 29.4 Å². The zero-order valence-electron chi connectivity index (χ0n) is 14.4. The van der Waals surface area contributed by atoms with Crippen LogP contribution in [-0.2, 0) is 10.0 Å². The van der Waals surface area contributed by atoms with E-state index in [-0.39, 0.29) is 23.3 Å². The predicted molar refractivity (Wildman–Crippen MR) is 94.4 cm³/mol. The lowest BCUT2D eigenvalue weighted by atomic mass is 9.97. The summed E-state index contributed by atoms with van der Waals surface area (Å²) >= 11 is 0. The van der Waals surface area contributed by atoms with E-state index >= 15 is 0 Å². The minimum absolute atomic E-state index is 0.0616. The first-order chi connectivity index (χ1) is 12.9. The van der Waals surface area contributed by atoms with Crippen LogP contribution in [0.15, 0.2) is 47.6 Å². The van der Waals surface area contributed by atoms with Crippen molar-refractivity contribution in [2.24, 2.45) is 5.92 Å². The number of nitrogens with one attached hydrogen (secondary N) is 1. The van der Waals surface area contributed by atoms with Gasteiger partial charge in [-0.3, -0.25) is 9.78 Å². The quantitative estimate of drug-likeness (QED) is 0.842. The van der Waals surface area contributed by atoms with Crippen molar-refractivity contribution in [3.8, 4) is 0 Å². The van der Waals surface area contributed by atoms with Crippen LogP contribution in [0.1, 0.15) is 23.2 Å². The maximum atomic E-state index is 13.3. The fraction of sp³-hybridized carbons (Fsp3) is 0.333. The number of piperidine rings is 1. The van der Waals surface area contributed by atoms with Crippen molar-refractivity contribution in [2.75, 3.05) is 19.6 Å². The standard InChI is InChI=1S/C18H19F2N3O3S/c19-16-2-1-15(11-17(16)20)27(25,26)22-12-13-5-9-23(10-6-13)18(24)14-3-7-21-8-4-14/h1-4,7-8,11,13,22H,5-6,9-10,12H2. The third-order valence-corrected chi connectivity index (χ3v) is 6.01. The van der Waals surface area contributed by atoms with Crippen LogP contribution in [0.4, 0.5) is 8.78 Å². The highest BCUT2D eigenvalue weighted by Gasteiger charge is 2.25. The number of hydrogen-bond acceptors (Lipinski definition) is 4. The van der Waals surface area contributed by atoms with Crippen LogP contribution in [0, 0.1) is 17.6 Å². The molecule has 1 aromatic carbocycles. The molecule has 0 radical (unpaired) electrons. The van der Waals surface area contributed by atoms with Crippen LogP contribution in [-0.4, -0.2) is 43.8 Å². The summed E-state index contributed by atoms with van der Waals surface area (Å²) in [7, 11) is -3.92. The van der Waals surface area contributed by atoms with Crippen LogP contribution in [0.5, 0.6) is 0 Å². The van der Waals surface area contributed by atoms with E-state index in [2.05, 4.69) is 9.71 Å². The molecule has 1 saturated heterocycles. The number of nitrogens with zero attached hydrogens (tertiary/aromatic N) is 2. The highest BCUT2D eigenvalue weighted by Crippen LogP contribution is 2.20. The molecule has 0 unspecified atom stereocenters. The fourth-order valence-electron chi connectivity index (χ4n) is 2.97. The van der Waals surface area contributed by atoms with Gasteiger partial charge in [-0.2, -0.15) is 0 Å². The van der Waals surface area contributed by atoms with E-state index in [1.165, 1.54) is 0 Å². The van der Waals surface area contributed by atoms with Gasteiger partial charge in [-0.15, -0.1) is 0 Å². The first-order valence-electron chi connectivity index (χ1n) is 8.51. The monoisotopic (exact) mass is 395 g/mol. The van der Waals surface area contributed by atoms with Crippen molar-refractivity contribution < 1.29 is 22.0 Å². The minimum Gasteiger partial charge on any atom is -0.339 e. The summed E-state index contributed by atoms with van der Waals surface area (Å²) in [5.74, 6) is -2.31. The summed E-state index contributed by atoms with van der Waals surface area (Å²) < 4.78 is 53.1. The molecule has 1 aliphatic heterocycles. The maximum absolute atomic E-state index is 13.3. The van der Waals surface area contributed by atoms with Crippen molar-refractivity contribution in [2.45, 2.75) is 17.7 Å². The summed E-state index contributed by atoms with van der Waals surface area (Å²) in [6.07, 6.45) is 4.42. The zero-order valence-corrected chi connectivity index (χ0v) is 15.3. The van der Waals surface area contributed by atoms with Gasteiger partial charge in [0.25, 0.3) is 5.91 Å². The normalized spacial score (nSPS) is 15.7. The first kappa shape index (κ1) is 19.4. The summed E-state index contributed by atoms with van der Waals surface area (Å²) in [5.41, 5.74) is 0.572. The van der Waals surface area contributed by atoms with Gasteiger partial charge in [-0.25, -0.2) is 21.9 Å². The number of pyridine rings is 1. The predicted octanol–water partition coefficient (Wildman–Crippen LogP) is 2.19. The van der Waals surface area contributed by atoms with E-state index in [0.717, 1.165) is 12.1 Å². The number of carbonyl (C=O) groups excluding carboxylic acids is 1. The molecule has 6 nitrogen and oxygen atoms in total. The van der Waals surface area contributed by atoms with Gasteiger partial charge in [-0.1, -0.05) is 0 Å². The SMILES string of the molecule is O=C(c1ccncc1)N1CCC(CNS(=O)(=O)c2ccc(F)c(F)c2)CC1. The van der Waals surface area contributed by atoms with Crippen molar-refractivity contribution in [3.05, 3.63) is 59.9 Å². The third kappa shape index (κ3) is 4.67. The number of carbonyl (C=O) groups is 1. The van der Waals surface area contributed by atoms with E-state index in [9.17, 15) is 22.0 Å². The summed E-state index contributed by atoms with van der Waals surface area (Å²) in [4.78, 5) is 17.7. The molecule has 0 aliphatic carbocycles. The Kier molecular flexibility index (Phi) is 5.81. The number of amides is 1. The second-order valence-electron chi connectivity index (χ2n) is 6.40. The van der Waals surface area contributed by atoms with Gasteiger partial charge in [0.15, 0.2) is 11.6 Å². The molecule has 0 spiro atoms. The molecule has 144 valence electrons. The molecular weight excluding hydrogens is 376 g/mol. The Bertz CT molecular complexity index is 915. The molecule has 27 heavy (non-hydrogen) atoms. The number of benzene rings is 1. The van der Waals surface area contributed by atoms with Gasteiger partial charge < -0.3 is 4.90 Å². The largest absolute Gasteiger partial charge is 0.339 e. The van der Waals surface area contributed by atoms with E-state index < -0.39 is 21.7 Å². The number of hydrogen-bond donors (Lipinski definition) is 1. The van der Waals surface area contributed by atoms with Gasteiger partial charge in [0.05, 0.1) is 4.90 Å². The summed E-state index contributed by atoms with van der Waals surface area (Å²) in [6.45, 7) is 1.23. The molecule has 0 saturated carbocycles. The second-order valence-corrected chi connectivity index (χ2v) is 8.17. The molecule has 2 aromatic rings. The summed E-state index contributed by atoms with van der Waals surface area (Å²) in [6, 6.07) is 5.78. The molecule has 1 amide bonds. The Hall–Kier alpha value is -2.39. The number of likely N-dealkylation sites (tertiary alicyclic amines) is 1. The van der Waals surface area contributed by atoms with Crippen LogP contribution >= 0.6 is 0 Å². The van der Waals surface area contributed by atoms with Gasteiger partial charge in [0.1, 0.15) is 0 Å². The number of sulfonamides is 1. The van der Waals surface area contributed by atoms with Gasteiger partial charge in [-0.05, 0) is 49.1 Å². The molecule has 0 bridgehead atoms. The molecular formula is C18H19F2N3O3S. The summed E-state index contributed by atoms with van der Waals surface area (Å²) in [5, 5.41) is 0. The van der Waals surface area contributed by atoms with E-state index in [4.69, 9.17) is 0 Å². The lowest BCUT2D eigenvalue weighted by Gasteiger charge is -2.32. The molecule has 1 aliphatic rings. The molecule has 2 heterocycles. The van der Waals surface area contributed by atoms with Crippen molar-refractivity contribution in [1.29, 1.82) is 0 Å². The van der Waals surface area contributed by atoms with E-state index in [0.29, 0.717) is 37.6 Å². The van der Waals surface area contributed by atoms with Crippen molar-refractivity contribution >= 4 is 15.9 Å². The molecule has 1 N–H and O–H groups in total. The van der Waals surface area contributed by atoms with Gasteiger partial charge >= 0.3 is 0 Å². The molecule has 1 aromatic heterocycles. The average molecular weight is 395 g/mol. The van der Waals surface area contributed by atoms with Crippen LogP contribution in [0.2, 0.25) is 0 Å². The lowest BCUT2D eigenvalue weighted by molar-refractivity contribution is 0.0692. The molecule has 3 rings (SSSR count). The van der Waals surface area contributed by atoms with E-state index in [1.807, 2.05) is 0 Å². The highest BCUT2D eigenvalue weighted by molar-refractivity contribution is 7.89. The Morgan fingerprint density at radius 2 is 1.78 bits per heavy atom. The lowest BCUT2D eigenvalue weighted by Crippen LogP contribution is -2.41. The fourth-order valence-corrected chi connectivity index (χ4v) is 4.10. The first-order valence-corrected chi connectivity index (χ1v) is 9.99.